The number of benzene rings is 1. The van der Waals surface area contributed by atoms with Crippen LogP contribution in [0.3, 0.4) is 0 Å². The van der Waals surface area contributed by atoms with E-state index in [2.05, 4.69) is 4.72 Å². The van der Waals surface area contributed by atoms with Crippen molar-refractivity contribution in [2.24, 2.45) is 0 Å². The molecule has 1 heterocycles. The van der Waals surface area contributed by atoms with Gasteiger partial charge in [0.1, 0.15) is 11.9 Å². The van der Waals surface area contributed by atoms with Crippen molar-refractivity contribution < 1.29 is 12.8 Å². The van der Waals surface area contributed by atoms with Crippen molar-refractivity contribution in [2.75, 3.05) is 0 Å². The van der Waals surface area contributed by atoms with Crippen LogP contribution in [0.2, 0.25) is 0 Å². The van der Waals surface area contributed by atoms with Crippen molar-refractivity contribution in [3.8, 4) is 6.07 Å². The van der Waals surface area contributed by atoms with Gasteiger partial charge in [-0.3, -0.25) is 0 Å². The Morgan fingerprint density at radius 3 is 2.79 bits per heavy atom. The molecule has 19 heavy (non-hydrogen) atoms. The number of hydrogen-bond donors (Lipinski definition) is 1. The van der Waals surface area contributed by atoms with Gasteiger partial charge in [-0.1, -0.05) is 0 Å². The average molecular weight is 296 g/mol. The zero-order chi connectivity index (χ0) is 13.9. The number of nitrogens with zero attached hydrogens (tertiary/aromatic N) is 1. The van der Waals surface area contributed by atoms with Crippen LogP contribution in [0.4, 0.5) is 4.39 Å². The number of sulfonamides is 1. The molecule has 0 saturated heterocycles. The third kappa shape index (κ3) is 3.17. The van der Waals surface area contributed by atoms with Crippen molar-refractivity contribution in [1.82, 2.24) is 4.72 Å². The zero-order valence-electron chi connectivity index (χ0n) is 9.63. The van der Waals surface area contributed by atoms with E-state index >= 15 is 0 Å². The highest BCUT2D eigenvalue weighted by molar-refractivity contribution is 7.89. The Morgan fingerprint density at radius 2 is 2.16 bits per heavy atom. The topological polar surface area (TPSA) is 70.0 Å². The maximum Gasteiger partial charge on any atom is 0.240 e. The van der Waals surface area contributed by atoms with Gasteiger partial charge >= 0.3 is 0 Å². The molecular weight excluding hydrogens is 287 g/mol. The molecule has 0 atom stereocenters. The summed E-state index contributed by atoms with van der Waals surface area (Å²) in [6.07, 6.45) is 0. The molecule has 1 aromatic heterocycles. The van der Waals surface area contributed by atoms with E-state index in [1.165, 1.54) is 11.3 Å². The fraction of sp³-hybridized carbons (Fsp3) is 0.0833. The lowest BCUT2D eigenvalue weighted by Gasteiger charge is -2.06. The Hall–Kier alpha value is -1.75. The largest absolute Gasteiger partial charge is 0.240 e. The predicted molar refractivity (Wildman–Crippen MR) is 69.5 cm³/mol. The minimum atomic E-state index is -3.75. The quantitative estimate of drug-likeness (QED) is 0.940. The molecule has 2 aromatic rings. The van der Waals surface area contributed by atoms with E-state index in [-0.39, 0.29) is 17.0 Å². The Kier molecular flexibility index (Phi) is 3.95. The molecule has 0 fully saturated rings. The summed E-state index contributed by atoms with van der Waals surface area (Å²) in [7, 11) is -3.75. The summed E-state index contributed by atoms with van der Waals surface area (Å²) in [4.78, 5) is -0.124. The maximum atomic E-state index is 13.1. The van der Waals surface area contributed by atoms with Gasteiger partial charge < -0.3 is 0 Å². The molecule has 7 heteroatoms. The van der Waals surface area contributed by atoms with Gasteiger partial charge in [0.25, 0.3) is 0 Å². The summed E-state index contributed by atoms with van der Waals surface area (Å²) in [6, 6.07) is 6.54. The van der Waals surface area contributed by atoms with Gasteiger partial charge in [-0.25, -0.2) is 17.5 Å². The Balaban J connectivity index is 2.22. The third-order valence-corrected chi connectivity index (χ3v) is 4.55. The summed E-state index contributed by atoms with van der Waals surface area (Å²) >= 11 is 1.47. The average Bonchev–Trinajstić information content (AvgIpc) is 2.90. The second-order valence-corrected chi connectivity index (χ2v) is 6.26. The van der Waals surface area contributed by atoms with Gasteiger partial charge in [0, 0.05) is 6.54 Å². The first kappa shape index (κ1) is 13.7. The summed E-state index contributed by atoms with van der Waals surface area (Å²) < 4.78 is 39.5. The molecular formula is C12H9FN2O2S2. The number of thiophene rings is 1. The van der Waals surface area contributed by atoms with Crippen LogP contribution in [-0.4, -0.2) is 8.42 Å². The van der Waals surface area contributed by atoms with Crippen molar-refractivity contribution in [2.45, 2.75) is 11.4 Å². The van der Waals surface area contributed by atoms with Crippen LogP contribution in [0, 0.1) is 17.1 Å². The van der Waals surface area contributed by atoms with Crippen LogP contribution < -0.4 is 4.72 Å². The van der Waals surface area contributed by atoms with Crippen molar-refractivity contribution >= 4 is 21.4 Å². The highest BCUT2D eigenvalue weighted by Crippen LogP contribution is 2.15. The molecule has 2 rings (SSSR count). The number of nitrogens with one attached hydrogen (secondary N) is 1. The zero-order valence-corrected chi connectivity index (χ0v) is 11.3. The second-order valence-electron chi connectivity index (χ2n) is 3.71. The van der Waals surface area contributed by atoms with Crippen LogP contribution in [0.25, 0.3) is 0 Å². The van der Waals surface area contributed by atoms with E-state index in [9.17, 15) is 12.8 Å². The lowest BCUT2D eigenvalue weighted by Crippen LogP contribution is -2.23. The van der Waals surface area contributed by atoms with Gasteiger partial charge in [-0.15, -0.1) is 0 Å². The van der Waals surface area contributed by atoms with Crippen LogP contribution in [0.15, 0.2) is 39.9 Å². The molecule has 0 bridgehead atoms. The van der Waals surface area contributed by atoms with Crippen molar-refractivity contribution in [3.63, 3.8) is 0 Å². The number of hydrogen-bond acceptors (Lipinski definition) is 4. The first-order valence-corrected chi connectivity index (χ1v) is 7.66. The van der Waals surface area contributed by atoms with Crippen molar-refractivity contribution in [3.05, 3.63) is 52.0 Å². The smallest absolute Gasteiger partial charge is 0.207 e. The molecule has 0 spiro atoms. The minimum absolute atomic E-state index is 0.124. The van der Waals surface area contributed by atoms with Gasteiger partial charge in [-0.05, 0) is 40.6 Å². The van der Waals surface area contributed by atoms with Gasteiger partial charge in [0.2, 0.25) is 10.0 Å². The summed E-state index contributed by atoms with van der Waals surface area (Å²) in [6.45, 7) is 0.158. The van der Waals surface area contributed by atoms with Crippen LogP contribution >= 0.6 is 11.3 Å². The van der Waals surface area contributed by atoms with E-state index in [1.54, 1.807) is 12.1 Å². The number of rotatable bonds is 4. The van der Waals surface area contributed by atoms with Gasteiger partial charge in [0.15, 0.2) is 0 Å². The Labute approximate surface area is 114 Å². The van der Waals surface area contributed by atoms with Crippen molar-refractivity contribution in [1.29, 1.82) is 5.26 Å². The molecule has 98 valence electrons. The number of halogens is 1. The Morgan fingerprint density at radius 1 is 1.37 bits per heavy atom. The number of nitriles is 1. The van der Waals surface area contributed by atoms with E-state index in [1.807, 2.05) is 10.8 Å². The molecule has 0 aliphatic carbocycles. The molecule has 0 aliphatic heterocycles. The lowest BCUT2D eigenvalue weighted by atomic mass is 10.2. The van der Waals surface area contributed by atoms with Crippen LogP contribution in [-0.2, 0) is 16.6 Å². The van der Waals surface area contributed by atoms with Gasteiger partial charge in [0.05, 0.1) is 10.5 Å². The predicted octanol–water partition coefficient (Wildman–Crippen LogP) is 2.24. The van der Waals surface area contributed by atoms with E-state index in [4.69, 9.17) is 5.26 Å². The Bertz CT molecular complexity index is 719. The molecule has 0 aliphatic rings. The maximum absolute atomic E-state index is 13.1. The first-order valence-electron chi connectivity index (χ1n) is 5.23. The second kappa shape index (κ2) is 5.48. The molecule has 4 nitrogen and oxygen atoms in total. The summed E-state index contributed by atoms with van der Waals surface area (Å²) in [5.41, 5.74) is 0.551. The monoisotopic (exact) mass is 296 g/mol. The molecule has 0 radical (unpaired) electrons. The SMILES string of the molecule is N#Cc1cc(S(=O)(=O)NCc2ccsc2)ccc1F. The standard InChI is InChI=1S/C12H9FN2O2S2/c13-12-2-1-11(5-10(12)6-14)19(16,17)15-7-9-3-4-18-8-9/h1-5,8,15H,7H2. The summed E-state index contributed by atoms with van der Waals surface area (Å²) in [5.74, 6) is -0.737. The molecule has 0 unspecified atom stereocenters. The molecule has 0 amide bonds. The fourth-order valence-electron chi connectivity index (χ4n) is 1.41. The molecule has 1 aromatic carbocycles. The third-order valence-electron chi connectivity index (χ3n) is 2.41. The summed E-state index contributed by atoms with van der Waals surface area (Å²) in [5, 5.41) is 12.4. The molecule has 1 N–H and O–H groups in total. The highest BCUT2D eigenvalue weighted by atomic mass is 32.2. The fourth-order valence-corrected chi connectivity index (χ4v) is 3.12. The lowest BCUT2D eigenvalue weighted by molar-refractivity contribution is 0.580. The van der Waals surface area contributed by atoms with E-state index in [0.29, 0.717) is 0 Å². The molecule has 0 saturated carbocycles. The normalized spacial score (nSPS) is 11.2. The highest BCUT2D eigenvalue weighted by Gasteiger charge is 2.16. The first-order chi connectivity index (χ1) is 9.03. The van der Waals surface area contributed by atoms with E-state index in [0.717, 1.165) is 23.8 Å². The van der Waals surface area contributed by atoms with Gasteiger partial charge in [-0.2, -0.15) is 16.6 Å². The minimum Gasteiger partial charge on any atom is -0.207 e. The van der Waals surface area contributed by atoms with Crippen LogP contribution in [0.5, 0.6) is 0 Å². The van der Waals surface area contributed by atoms with E-state index < -0.39 is 15.8 Å². The van der Waals surface area contributed by atoms with Crippen LogP contribution in [0.1, 0.15) is 11.1 Å².